The fourth-order valence-electron chi connectivity index (χ4n) is 3.39. The van der Waals surface area contributed by atoms with E-state index in [1.807, 2.05) is 18.3 Å². The van der Waals surface area contributed by atoms with Crippen molar-refractivity contribution in [3.63, 3.8) is 0 Å². The van der Waals surface area contributed by atoms with Crippen LogP contribution in [0.1, 0.15) is 6.42 Å². The fraction of sp³-hybridized carbons (Fsp3) is 0.412. The Bertz CT molecular complexity index is 791. The van der Waals surface area contributed by atoms with Crippen LogP contribution in [-0.2, 0) is 4.79 Å². The summed E-state index contributed by atoms with van der Waals surface area (Å²) in [7, 11) is 2.15. The van der Waals surface area contributed by atoms with Gasteiger partial charge in [0.05, 0.1) is 5.69 Å². The number of anilines is 2. The highest BCUT2D eigenvalue weighted by Crippen LogP contribution is 2.31. The van der Waals surface area contributed by atoms with Gasteiger partial charge in [0.1, 0.15) is 0 Å². The highest BCUT2D eigenvalue weighted by molar-refractivity contribution is 6.06. The number of amides is 3. The number of carbonyl (C=O) groups excluding carboxylic acids is 2. The van der Waals surface area contributed by atoms with Crippen molar-refractivity contribution in [3.8, 4) is 0 Å². The van der Waals surface area contributed by atoms with E-state index in [9.17, 15) is 9.59 Å². The predicted molar refractivity (Wildman–Crippen MR) is 93.5 cm³/mol. The second kappa shape index (κ2) is 5.83. The minimum absolute atomic E-state index is 0.213. The maximum absolute atomic E-state index is 12.0. The number of urea groups is 1. The largest absolute Gasteiger partial charge is 0.367 e. The Balaban J connectivity index is 1.61. The van der Waals surface area contributed by atoms with E-state index in [0.29, 0.717) is 13.0 Å². The molecule has 7 heteroatoms. The molecule has 1 aromatic carbocycles. The number of H-pyrrole nitrogens is 1. The van der Waals surface area contributed by atoms with E-state index in [2.05, 4.69) is 33.2 Å². The summed E-state index contributed by atoms with van der Waals surface area (Å²) in [6, 6.07) is 5.63. The van der Waals surface area contributed by atoms with Crippen LogP contribution in [0.25, 0.3) is 10.9 Å². The normalized spacial score (nSPS) is 19.9. The summed E-state index contributed by atoms with van der Waals surface area (Å²) in [6.07, 6.45) is 2.38. The monoisotopic (exact) mass is 327 g/mol. The third kappa shape index (κ3) is 2.60. The first-order chi connectivity index (χ1) is 11.6. The number of imide groups is 1. The molecular weight excluding hydrogens is 306 g/mol. The maximum Gasteiger partial charge on any atom is 0.328 e. The van der Waals surface area contributed by atoms with Crippen molar-refractivity contribution < 1.29 is 9.59 Å². The number of hydrogen-bond acceptors (Lipinski definition) is 4. The fourth-order valence-corrected chi connectivity index (χ4v) is 3.39. The summed E-state index contributed by atoms with van der Waals surface area (Å²) in [5.74, 6) is -0.213. The number of nitrogens with zero attached hydrogens (tertiary/aromatic N) is 3. The van der Waals surface area contributed by atoms with E-state index in [-0.39, 0.29) is 11.9 Å². The summed E-state index contributed by atoms with van der Waals surface area (Å²) < 4.78 is 0. The Morgan fingerprint density at radius 1 is 1.04 bits per heavy atom. The number of likely N-dealkylation sites (N-methyl/N-ethyl adjacent to an activating group) is 1. The van der Waals surface area contributed by atoms with E-state index < -0.39 is 0 Å². The molecule has 7 nitrogen and oxygen atoms in total. The maximum atomic E-state index is 12.0. The van der Waals surface area contributed by atoms with Crippen molar-refractivity contribution in [1.82, 2.24) is 15.2 Å². The lowest BCUT2D eigenvalue weighted by molar-refractivity contribution is -0.120. The minimum atomic E-state index is -0.351. The van der Waals surface area contributed by atoms with Gasteiger partial charge in [-0.05, 0) is 25.2 Å². The molecule has 0 spiro atoms. The molecule has 0 saturated carbocycles. The Kier molecular flexibility index (Phi) is 3.65. The molecule has 0 aliphatic carbocycles. The van der Waals surface area contributed by atoms with E-state index in [1.165, 1.54) is 5.69 Å². The quantitative estimate of drug-likeness (QED) is 0.874. The van der Waals surface area contributed by atoms with Crippen molar-refractivity contribution in [2.45, 2.75) is 6.42 Å². The van der Waals surface area contributed by atoms with Crippen LogP contribution in [0.5, 0.6) is 0 Å². The smallest absolute Gasteiger partial charge is 0.328 e. The van der Waals surface area contributed by atoms with Gasteiger partial charge in [-0.25, -0.2) is 4.79 Å². The van der Waals surface area contributed by atoms with Crippen LogP contribution >= 0.6 is 0 Å². The van der Waals surface area contributed by atoms with Crippen LogP contribution < -0.4 is 15.1 Å². The van der Waals surface area contributed by atoms with E-state index in [4.69, 9.17) is 0 Å². The summed E-state index contributed by atoms with van der Waals surface area (Å²) in [4.78, 5) is 32.9. The first kappa shape index (κ1) is 15.0. The van der Waals surface area contributed by atoms with E-state index in [0.717, 1.165) is 42.8 Å². The summed E-state index contributed by atoms with van der Waals surface area (Å²) in [5, 5.41) is 3.53. The van der Waals surface area contributed by atoms with E-state index >= 15 is 0 Å². The van der Waals surface area contributed by atoms with Crippen LogP contribution in [0.3, 0.4) is 0 Å². The van der Waals surface area contributed by atoms with Crippen molar-refractivity contribution in [2.75, 3.05) is 49.6 Å². The van der Waals surface area contributed by atoms with Gasteiger partial charge < -0.3 is 14.8 Å². The van der Waals surface area contributed by atoms with Crippen molar-refractivity contribution in [2.24, 2.45) is 0 Å². The third-order valence-electron chi connectivity index (χ3n) is 4.85. The molecule has 1 aromatic heterocycles. The number of piperazine rings is 1. The highest BCUT2D eigenvalue weighted by Gasteiger charge is 2.25. The number of hydrogen-bond donors (Lipinski definition) is 2. The average Bonchev–Trinajstić information content (AvgIpc) is 2.99. The lowest BCUT2D eigenvalue weighted by Gasteiger charge is -2.33. The molecule has 2 saturated heterocycles. The van der Waals surface area contributed by atoms with Gasteiger partial charge in [0, 0.05) is 61.9 Å². The summed E-state index contributed by atoms with van der Waals surface area (Å²) >= 11 is 0. The van der Waals surface area contributed by atoms with Gasteiger partial charge in [-0.2, -0.15) is 0 Å². The molecule has 2 N–H and O–H groups in total. The molecule has 2 fully saturated rings. The number of aromatic nitrogens is 1. The average molecular weight is 327 g/mol. The van der Waals surface area contributed by atoms with Crippen LogP contribution in [0.4, 0.5) is 16.2 Å². The predicted octanol–water partition coefficient (Wildman–Crippen LogP) is 1.37. The SMILES string of the molecule is CN1CCN(c2c[nH]c3cc(N4CCC(=O)NC4=O)ccc23)CC1. The molecule has 3 heterocycles. The Labute approximate surface area is 140 Å². The number of carbonyl (C=O) groups is 2. The van der Waals surface area contributed by atoms with Crippen molar-refractivity contribution in [3.05, 3.63) is 24.4 Å². The molecule has 0 atom stereocenters. The Hall–Kier alpha value is -2.54. The standard InChI is InChI=1S/C17H21N5O2/c1-20-6-8-21(9-7-20)15-11-18-14-10-12(2-3-13(14)15)22-5-4-16(23)19-17(22)24/h2-3,10-11,18H,4-9H2,1H3,(H,19,23,24). The molecule has 24 heavy (non-hydrogen) atoms. The van der Waals surface area contributed by atoms with Gasteiger partial charge in [-0.15, -0.1) is 0 Å². The molecule has 0 bridgehead atoms. The molecule has 0 unspecified atom stereocenters. The van der Waals surface area contributed by atoms with Gasteiger partial charge in [0.15, 0.2) is 0 Å². The lowest BCUT2D eigenvalue weighted by atomic mass is 10.1. The highest BCUT2D eigenvalue weighted by atomic mass is 16.2. The molecule has 126 valence electrons. The number of fused-ring (bicyclic) bond motifs is 1. The zero-order chi connectivity index (χ0) is 16.7. The zero-order valence-corrected chi connectivity index (χ0v) is 13.7. The van der Waals surface area contributed by atoms with Gasteiger partial charge in [0.2, 0.25) is 5.91 Å². The number of aromatic amines is 1. The summed E-state index contributed by atoms with van der Waals surface area (Å²) in [6.45, 7) is 4.57. The van der Waals surface area contributed by atoms with Crippen molar-refractivity contribution in [1.29, 1.82) is 0 Å². The van der Waals surface area contributed by atoms with Crippen LogP contribution in [0.2, 0.25) is 0 Å². The van der Waals surface area contributed by atoms with Gasteiger partial charge in [-0.1, -0.05) is 0 Å². The molecule has 2 aromatic rings. The zero-order valence-electron chi connectivity index (χ0n) is 13.7. The van der Waals surface area contributed by atoms with Crippen LogP contribution in [0, 0.1) is 0 Å². The van der Waals surface area contributed by atoms with E-state index in [1.54, 1.807) is 4.90 Å². The number of nitrogens with one attached hydrogen (secondary N) is 2. The topological polar surface area (TPSA) is 71.7 Å². The molecule has 2 aliphatic rings. The van der Waals surface area contributed by atoms with Gasteiger partial charge in [-0.3, -0.25) is 15.0 Å². The second-order valence-corrected chi connectivity index (χ2v) is 6.45. The van der Waals surface area contributed by atoms with Gasteiger partial charge in [0.25, 0.3) is 0 Å². The van der Waals surface area contributed by atoms with Crippen LogP contribution in [-0.4, -0.2) is 61.6 Å². The Morgan fingerprint density at radius 3 is 2.58 bits per heavy atom. The third-order valence-corrected chi connectivity index (χ3v) is 4.85. The second-order valence-electron chi connectivity index (χ2n) is 6.45. The molecule has 2 aliphatic heterocycles. The first-order valence-electron chi connectivity index (χ1n) is 8.28. The molecule has 0 radical (unpaired) electrons. The van der Waals surface area contributed by atoms with Crippen molar-refractivity contribution >= 4 is 34.2 Å². The summed E-state index contributed by atoms with van der Waals surface area (Å²) in [5.41, 5.74) is 3.02. The lowest BCUT2D eigenvalue weighted by Crippen LogP contribution is -2.49. The molecule has 3 amide bonds. The molecule has 4 rings (SSSR count). The number of rotatable bonds is 2. The van der Waals surface area contributed by atoms with Gasteiger partial charge >= 0.3 is 6.03 Å². The molecular formula is C17H21N5O2. The Morgan fingerprint density at radius 2 is 1.83 bits per heavy atom. The van der Waals surface area contributed by atoms with Crippen LogP contribution in [0.15, 0.2) is 24.4 Å². The minimum Gasteiger partial charge on any atom is -0.367 e. The number of benzene rings is 1. The first-order valence-corrected chi connectivity index (χ1v) is 8.28.